The van der Waals surface area contributed by atoms with Gasteiger partial charge in [0.05, 0.1) is 6.54 Å². The number of carbonyl (C=O) groups is 2. The standard InChI is InChI=1S/C17H15FN2O6/c18-10-3-1-9(2-4-10)5-6-20-12(21)8-19-7-11(17(25)26)14(22)15(23)13(19)16(20)24/h1-4,7,12,21,23H,5-6,8H2,(H,25,26). The zero-order valence-electron chi connectivity index (χ0n) is 13.4. The molecule has 1 aliphatic rings. The molecule has 2 aromatic rings. The second kappa shape index (κ2) is 6.60. The predicted molar refractivity (Wildman–Crippen MR) is 86.5 cm³/mol. The van der Waals surface area contributed by atoms with E-state index in [9.17, 15) is 29.0 Å². The first-order chi connectivity index (χ1) is 12.3. The van der Waals surface area contributed by atoms with Crippen molar-refractivity contribution in [3.05, 3.63) is 63.3 Å². The summed E-state index contributed by atoms with van der Waals surface area (Å²) in [5.41, 5.74) is -1.48. The molecular weight excluding hydrogens is 347 g/mol. The topological polar surface area (TPSA) is 120 Å². The molecule has 0 bridgehead atoms. The van der Waals surface area contributed by atoms with Crippen LogP contribution >= 0.6 is 0 Å². The monoisotopic (exact) mass is 362 g/mol. The molecule has 2 heterocycles. The summed E-state index contributed by atoms with van der Waals surface area (Å²) < 4.78 is 14.0. The highest BCUT2D eigenvalue weighted by Crippen LogP contribution is 2.23. The summed E-state index contributed by atoms with van der Waals surface area (Å²) in [7, 11) is 0. The normalized spacial score (nSPS) is 16.5. The summed E-state index contributed by atoms with van der Waals surface area (Å²) in [6, 6.07) is 5.65. The van der Waals surface area contributed by atoms with Crippen molar-refractivity contribution in [2.75, 3.05) is 6.54 Å². The van der Waals surface area contributed by atoms with Crippen LogP contribution in [0.25, 0.3) is 0 Å². The van der Waals surface area contributed by atoms with Gasteiger partial charge in [0.25, 0.3) is 5.91 Å². The van der Waals surface area contributed by atoms with E-state index in [1.54, 1.807) is 12.1 Å². The lowest BCUT2D eigenvalue weighted by molar-refractivity contribution is -0.0118. The Morgan fingerprint density at radius 3 is 2.50 bits per heavy atom. The number of benzene rings is 1. The van der Waals surface area contributed by atoms with Crippen LogP contribution in [0.3, 0.4) is 0 Å². The van der Waals surface area contributed by atoms with Crippen molar-refractivity contribution in [1.29, 1.82) is 0 Å². The highest BCUT2D eigenvalue weighted by atomic mass is 19.1. The minimum absolute atomic E-state index is 0.0694. The van der Waals surface area contributed by atoms with Crippen LogP contribution in [-0.4, -0.2) is 49.4 Å². The van der Waals surface area contributed by atoms with E-state index in [0.717, 1.165) is 21.2 Å². The average Bonchev–Trinajstić information content (AvgIpc) is 2.58. The molecule has 1 amide bonds. The number of hydrogen-bond donors (Lipinski definition) is 3. The second-order valence-electron chi connectivity index (χ2n) is 5.88. The number of nitrogens with zero attached hydrogens (tertiary/aromatic N) is 2. The second-order valence-corrected chi connectivity index (χ2v) is 5.88. The number of aromatic hydroxyl groups is 1. The van der Waals surface area contributed by atoms with Gasteiger partial charge in [0, 0.05) is 12.7 Å². The van der Waals surface area contributed by atoms with E-state index in [0.29, 0.717) is 6.42 Å². The van der Waals surface area contributed by atoms with Gasteiger partial charge in [-0.3, -0.25) is 9.59 Å². The molecule has 0 spiro atoms. The molecule has 9 heteroatoms. The molecule has 1 aliphatic heterocycles. The Hall–Kier alpha value is -3.20. The lowest BCUT2D eigenvalue weighted by Crippen LogP contribution is -2.49. The number of hydrogen-bond acceptors (Lipinski definition) is 5. The van der Waals surface area contributed by atoms with E-state index in [-0.39, 0.29) is 18.8 Å². The Morgan fingerprint density at radius 1 is 1.23 bits per heavy atom. The Balaban J connectivity index is 1.90. The number of aromatic nitrogens is 1. The largest absolute Gasteiger partial charge is 0.503 e. The van der Waals surface area contributed by atoms with Gasteiger partial charge < -0.3 is 24.8 Å². The number of carboxylic acid groups (broad SMARTS) is 1. The number of amides is 1. The molecule has 0 saturated carbocycles. The third-order valence-corrected chi connectivity index (χ3v) is 4.22. The third kappa shape index (κ3) is 3.04. The minimum Gasteiger partial charge on any atom is -0.503 e. The summed E-state index contributed by atoms with van der Waals surface area (Å²) in [5, 5.41) is 29.2. The highest BCUT2D eigenvalue weighted by Gasteiger charge is 2.35. The molecule has 136 valence electrons. The molecule has 8 nitrogen and oxygen atoms in total. The van der Waals surface area contributed by atoms with Crippen LogP contribution in [0, 0.1) is 5.82 Å². The van der Waals surface area contributed by atoms with Crippen LogP contribution in [0.4, 0.5) is 4.39 Å². The van der Waals surface area contributed by atoms with Crippen molar-refractivity contribution >= 4 is 11.9 Å². The number of carboxylic acids is 1. The van der Waals surface area contributed by atoms with Crippen molar-refractivity contribution in [3.63, 3.8) is 0 Å². The van der Waals surface area contributed by atoms with Gasteiger partial charge in [0.15, 0.2) is 11.4 Å². The quantitative estimate of drug-likeness (QED) is 0.725. The van der Waals surface area contributed by atoms with Gasteiger partial charge in [0.2, 0.25) is 5.43 Å². The fraction of sp³-hybridized carbons (Fsp3) is 0.235. The molecule has 1 unspecified atom stereocenters. The maximum atomic E-state index is 12.9. The molecule has 0 saturated heterocycles. The zero-order chi connectivity index (χ0) is 19.0. The molecule has 0 aliphatic carbocycles. The Labute approximate surface area is 146 Å². The predicted octanol–water partition coefficient (Wildman–Crippen LogP) is 0.408. The van der Waals surface area contributed by atoms with E-state index in [1.807, 2.05) is 0 Å². The maximum absolute atomic E-state index is 12.9. The molecule has 0 fully saturated rings. The lowest BCUT2D eigenvalue weighted by Gasteiger charge is -2.34. The summed E-state index contributed by atoms with van der Waals surface area (Å²) in [5.74, 6) is -3.69. The molecule has 1 aromatic heterocycles. The fourth-order valence-electron chi connectivity index (χ4n) is 2.87. The number of halogens is 1. The van der Waals surface area contributed by atoms with Gasteiger partial charge >= 0.3 is 5.97 Å². The fourth-order valence-corrected chi connectivity index (χ4v) is 2.87. The van der Waals surface area contributed by atoms with Crippen LogP contribution in [0.1, 0.15) is 26.4 Å². The van der Waals surface area contributed by atoms with Gasteiger partial charge in [-0.1, -0.05) is 12.1 Å². The van der Waals surface area contributed by atoms with Crippen molar-refractivity contribution in [3.8, 4) is 5.75 Å². The summed E-state index contributed by atoms with van der Waals surface area (Å²) in [6.07, 6.45) is -0.0154. The van der Waals surface area contributed by atoms with Crippen LogP contribution in [0.5, 0.6) is 5.75 Å². The van der Waals surface area contributed by atoms with Crippen molar-refractivity contribution in [1.82, 2.24) is 9.47 Å². The summed E-state index contributed by atoms with van der Waals surface area (Å²) >= 11 is 0. The number of carbonyl (C=O) groups excluding carboxylic acids is 1. The Kier molecular flexibility index (Phi) is 4.47. The summed E-state index contributed by atoms with van der Waals surface area (Å²) in [6.45, 7) is -0.126. The Morgan fingerprint density at radius 2 is 1.88 bits per heavy atom. The third-order valence-electron chi connectivity index (χ3n) is 4.22. The van der Waals surface area contributed by atoms with E-state index in [4.69, 9.17) is 5.11 Å². The SMILES string of the molecule is O=C(O)c1cn2c(c(O)c1=O)C(=O)N(CCc1ccc(F)cc1)C(O)C2. The molecular formula is C17H15FN2O6. The van der Waals surface area contributed by atoms with Crippen LogP contribution in [0.2, 0.25) is 0 Å². The Bertz CT molecular complexity index is 938. The molecule has 3 N–H and O–H groups in total. The number of aromatic carboxylic acids is 1. The number of pyridine rings is 1. The number of aliphatic hydroxyl groups is 1. The van der Waals surface area contributed by atoms with E-state index < -0.39 is 40.7 Å². The summed E-state index contributed by atoms with van der Waals surface area (Å²) in [4.78, 5) is 36.6. The molecule has 1 aromatic carbocycles. The lowest BCUT2D eigenvalue weighted by atomic mass is 10.1. The maximum Gasteiger partial charge on any atom is 0.341 e. The number of rotatable bonds is 4. The smallest absolute Gasteiger partial charge is 0.341 e. The van der Waals surface area contributed by atoms with Crippen LogP contribution in [0.15, 0.2) is 35.3 Å². The van der Waals surface area contributed by atoms with Gasteiger partial charge in [-0.2, -0.15) is 0 Å². The number of fused-ring (bicyclic) bond motifs is 1. The minimum atomic E-state index is -1.54. The van der Waals surface area contributed by atoms with Gasteiger partial charge in [-0.05, 0) is 24.1 Å². The van der Waals surface area contributed by atoms with Crippen LogP contribution < -0.4 is 5.43 Å². The van der Waals surface area contributed by atoms with E-state index in [2.05, 4.69) is 0 Å². The first-order valence-corrected chi connectivity index (χ1v) is 7.72. The molecule has 0 radical (unpaired) electrons. The van der Waals surface area contributed by atoms with E-state index >= 15 is 0 Å². The van der Waals surface area contributed by atoms with Crippen molar-refractivity contribution < 1.29 is 29.3 Å². The van der Waals surface area contributed by atoms with Gasteiger partial charge in [0.1, 0.15) is 17.6 Å². The molecule has 26 heavy (non-hydrogen) atoms. The molecule has 3 rings (SSSR count). The van der Waals surface area contributed by atoms with Crippen molar-refractivity contribution in [2.45, 2.75) is 19.2 Å². The van der Waals surface area contributed by atoms with Crippen LogP contribution in [-0.2, 0) is 13.0 Å². The zero-order valence-corrected chi connectivity index (χ0v) is 13.4. The first-order valence-electron chi connectivity index (χ1n) is 7.72. The highest BCUT2D eigenvalue weighted by molar-refractivity contribution is 5.97. The van der Waals surface area contributed by atoms with E-state index in [1.165, 1.54) is 12.1 Å². The van der Waals surface area contributed by atoms with Gasteiger partial charge in [-0.15, -0.1) is 0 Å². The molecule has 1 atom stereocenters. The van der Waals surface area contributed by atoms with Gasteiger partial charge in [-0.25, -0.2) is 9.18 Å². The van der Waals surface area contributed by atoms with Crippen molar-refractivity contribution in [2.24, 2.45) is 0 Å². The first kappa shape index (κ1) is 17.6. The average molecular weight is 362 g/mol. The number of aliphatic hydroxyl groups excluding tert-OH is 1.